The number of rotatable bonds is 8. The summed E-state index contributed by atoms with van der Waals surface area (Å²) in [6.07, 6.45) is 4.40. The molecule has 25 heavy (non-hydrogen) atoms. The van der Waals surface area contributed by atoms with E-state index in [0.29, 0.717) is 17.4 Å². The third-order valence-electron chi connectivity index (χ3n) is 3.53. The highest BCUT2D eigenvalue weighted by Crippen LogP contribution is 2.39. The minimum atomic E-state index is -0.654. The van der Waals surface area contributed by atoms with Gasteiger partial charge in [0.15, 0.2) is 6.61 Å². The molecule has 1 fully saturated rings. The number of carbonyl (C=O) groups excluding carboxylic acids is 3. The van der Waals surface area contributed by atoms with Crippen LogP contribution in [0.1, 0.15) is 32.1 Å². The standard InChI is InChI=1S/C17H22N2O4S2/c20-15(19-17(22)18-13-6-2-1-3-7-13)12-23-16(21)9-5-4-8-14-10-11-24-25-14/h1-3,6-7,14H,4-5,8-12H2,(H2,18,19,20,22)/t14-/m0/s1. The number of anilines is 1. The summed E-state index contributed by atoms with van der Waals surface area (Å²) >= 11 is 0. The third kappa shape index (κ3) is 8.31. The van der Waals surface area contributed by atoms with Crippen molar-refractivity contribution in [3.63, 3.8) is 0 Å². The summed E-state index contributed by atoms with van der Waals surface area (Å²) in [5.41, 5.74) is 0.573. The van der Waals surface area contributed by atoms with Gasteiger partial charge in [-0.15, -0.1) is 0 Å². The third-order valence-corrected chi connectivity index (χ3v) is 6.54. The Kier molecular flexibility index (Phi) is 8.68. The molecule has 2 N–H and O–H groups in total. The largest absolute Gasteiger partial charge is 0.456 e. The Balaban J connectivity index is 1.52. The Labute approximate surface area is 155 Å². The van der Waals surface area contributed by atoms with E-state index in [-0.39, 0.29) is 0 Å². The van der Waals surface area contributed by atoms with Crippen LogP contribution in [0.3, 0.4) is 0 Å². The fraction of sp³-hybridized carbons (Fsp3) is 0.471. The molecule has 1 aromatic carbocycles. The van der Waals surface area contributed by atoms with Crippen molar-refractivity contribution < 1.29 is 19.1 Å². The van der Waals surface area contributed by atoms with Crippen LogP contribution >= 0.6 is 21.6 Å². The highest BCUT2D eigenvalue weighted by molar-refractivity contribution is 8.77. The van der Waals surface area contributed by atoms with Gasteiger partial charge in [0.1, 0.15) is 0 Å². The molecule has 0 aliphatic carbocycles. The van der Waals surface area contributed by atoms with E-state index in [9.17, 15) is 14.4 Å². The maximum absolute atomic E-state index is 11.6. The summed E-state index contributed by atoms with van der Waals surface area (Å²) in [6.45, 7) is -0.448. The molecule has 6 nitrogen and oxygen atoms in total. The van der Waals surface area contributed by atoms with Gasteiger partial charge in [-0.1, -0.05) is 46.2 Å². The van der Waals surface area contributed by atoms with Crippen LogP contribution in [0.5, 0.6) is 0 Å². The molecule has 1 heterocycles. The van der Waals surface area contributed by atoms with E-state index in [2.05, 4.69) is 10.6 Å². The number of hydrogen-bond acceptors (Lipinski definition) is 6. The Morgan fingerprint density at radius 2 is 1.96 bits per heavy atom. The molecule has 0 spiro atoms. The predicted octanol–water partition coefficient (Wildman–Crippen LogP) is 3.59. The van der Waals surface area contributed by atoms with Crippen LogP contribution in [0.2, 0.25) is 0 Å². The molecule has 0 saturated carbocycles. The lowest BCUT2D eigenvalue weighted by atomic mass is 10.1. The fourth-order valence-corrected chi connectivity index (χ4v) is 5.30. The Morgan fingerprint density at radius 3 is 2.68 bits per heavy atom. The summed E-state index contributed by atoms with van der Waals surface area (Å²) in [5, 5.41) is 5.33. The first-order chi connectivity index (χ1) is 12.1. The molecular weight excluding hydrogens is 360 g/mol. The van der Waals surface area contributed by atoms with Crippen LogP contribution < -0.4 is 10.6 Å². The highest BCUT2D eigenvalue weighted by atomic mass is 33.1. The monoisotopic (exact) mass is 382 g/mol. The summed E-state index contributed by atoms with van der Waals surface area (Å²) < 4.78 is 4.89. The SMILES string of the molecule is O=C(COC(=O)CCCC[C@H]1CCSS1)NC(=O)Nc1ccccc1. The second-order valence-electron chi connectivity index (χ2n) is 5.60. The number of urea groups is 1. The van der Waals surface area contributed by atoms with Crippen LogP contribution in [0.15, 0.2) is 30.3 Å². The minimum Gasteiger partial charge on any atom is -0.456 e. The number of amides is 3. The number of esters is 1. The molecule has 1 saturated heterocycles. The zero-order chi connectivity index (χ0) is 17.9. The van der Waals surface area contributed by atoms with E-state index in [1.807, 2.05) is 27.7 Å². The molecule has 1 atom stereocenters. The zero-order valence-corrected chi connectivity index (χ0v) is 15.5. The molecule has 136 valence electrons. The highest BCUT2D eigenvalue weighted by Gasteiger charge is 2.16. The van der Waals surface area contributed by atoms with Gasteiger partial charge in [-0.3, -0.25) is 14.9 Å². The summed E-state index contributed by atoms with van der Waals surface area (Å²) in [7, 11) is 3.84. The number of benzene rings is 1. The number of hydrogen-bond donors (Lipinski definition) is 2. The van der Waals surface area contributed by atoms with Crippen LogP contribution in [0.25, 0.3) is 0 Å². The van der Waals surface area contributed by atoms with Gasteiger partial charge in [0, 0.05) is 23.1 Å². The summed E-state index contributed by atoms with van der Waals surface area (Å²) in [4.78, 5) is 34.8. The van der Waals surface area contributed by atoms with Gasteiger partial charge < -0.3 is 10.1 Å². The molecule has 3 amide bonds. The first-order valence-corrected chi connectivity index (χ1v) is 10.6. The second-order valence-corrected chi connectivity index (χ2v) is 8.39. The lowest BCUT2D eigenvalue weighted by molar-refractivity contribution is -0.148. The van der Waals surface area contributed by atoms with Crippen LogP contribution in [0.4, 0.5) is 10.5 Å². The second kappa shape index (κ2) is 11.0. The van der Waals surface area contributed by atoms with E-state index < -0.39 is 24.5 Å². The molecule has 2 rings (SSSR count). The molecule has 0 aromatic heterocycles. The topological polar surface area (TPSA) is 84.5 Å². The van der Waals surface area contributed by atoms with Gasteiger partial charge in [-0.25, -0.2) is 4.79 Å². The number of para-hydroxylation sites is 1. The molecule has 1 aromatic rings. The maximum atomic E-state index is 11.6. The average molecular weight is 383 g/mol. The van der Waals surface area contributed by atoms with Gasteiger partial charge in [0.25, 0.3) is 5.91 Å². The fourth-order valence-electron chi connectivity index (χ4n) is 2.27. The van der Waals surface area contributed by atoms with Crippen LogP contribution in [-0.4, -0.2) is 35.5 Å². The molecule has 1 aliphatic heterocycles. The van der Waals surface area contributed by atoms with Crippen molar-refractivity contribution in [2.45, 2.75) is 37.4 Å². The lowest BCUT2D eigenvalue weighted by Crippen LogP contribution is -2.37. The smallest absolute Gasteiger partial charge is 0.325 e. The number of nitrogens with one attached hydrogen (secondary N) is 2. The molecule has 8 heteroatoms. The number of imide groups is 1. The van der Waals surface area contributed by atoms with Crippen molar-refractivity contribution in [2.75, 3.05) is 17.7 Å². The predicted molar refractivity (Wildman–Crippen MR) is 101 cm³/mol. The van der Waals surface area contributed by atoms with Crippen molar-refractivity contribution >= 4 is 45.2 Å². The summed E-state index contributed by atoms with van der Waals surface area (Å²) in [6, 6.07) is 8.10. The molecule has 0 unspecified atom stereocenters. The minimum absolute atomic E-state index is 0.300. The van der Waals surface area contributed by atoms with Crippen LogP contribution in [0, 0.1) is 0 Å². The van der Waals surface area contributed by atoms with Gasteiger partial charge in [-0.2, -0.15) is 0 Å². The number of carbonyl (C=O) groups is 3. The number of ether oxygens (including phenoxy) is 1. The van der Waals surface area contributed by atoms with E-state index in [1.54, 1.807) is 24.3 Å². The lowest BCUT2D eigenvalue weighted by Gasteiger charge is -2.08. The van der Waals surface area contributed by atoms with E-state index in [0.717, 1.165) is 19.3 Å². The molecular formula is C17H22N2O4S2. The van der Waals surface area contributed by atoms with Gasteiger partial charge in [0.05, 0.1) is 0 Å². The van der Waals surface area contributed by atoms with E-state index in [4.69, 9.17) is 4.74 Å². The van der Waals surface area contributed by atoms with Gasteiger partial charge in [-0.05, 0) is 31.4 Å². The average Bonchev–Trinajstić information content (AvgIpc) is 3.11. The normalized spacial score (nSPS) is 16.2. The quantitative estimate of drug-likeness (QED) is 0.406. The van der Waals surface area contributed by atoms with Crippen molar-refractivity contribution in [3.8, 4) is 0 Å². The van der Waals surface area contributed by atoms with Crippen molar-refractivity contribution in [3.05, 3.63) is 30.3 Å². The van der Waals surface area contributed by atoms with Gasteiger partial charge >= 0.3 is 12.0 Å². The summed E-state index contributed by atoms with van der Waals surface area (Å²) in [5.74, 6) is 0.151. The van der Waals surface area contributed by atoms with E-state index in [1.165, 1.54) is 12.2 Å². The first kappa shape index (κ1) is 19.7. The molecule has 0 bridgehead atoms. The Morgan fingerprint density at radius 1 is 1.16 bits per heavy atom. The Bertz CT molecular complexity index is 577. The van der Waals surface area contributed by atoms with Crippen molar-refractivity contribution in [1.82, 2.24) is 5.32 Å². The van der Waals surface area contributed by atoms with Crippen molar-refractivity contribution in [1.29, 1.82) is 0 Å². The molecule has 0 radical (unpaired) electrons. The maximum Gasteiger partial charge on any atom is 0.325 e. The van der Waals surface area contributed by atoms with E-state index >= 15 is 0 Å². The van der Waals surface area contributed by atoms with Crippen molar-refractivity contribution in [2.24, 2.45) is 0 Å². The van der Waals surface area contributed by atoms with Gasteiger partial charge in [0.2, 0.25) is 0 Å². The Hall–Kier alpha value is -1.67. The number of unbranched alkanes of at least 4 members (excludes halogenated alkanes) is 1. The first-order valence-electron chi connectivity index (χ1n) is 8.23. The zero-order valence-electron chi connectivity index (χ0n) is 13.9. The van der Waals surface area contributed by atoms with Crippen LogP contribution in [-0.2, 0) is 14.3 Å². The molecule has 1 aliphatic rings.